The Labute approximate surface area is 86.0 Å². The molecule has 1 heterocycles. The summed E-state index contributed by atoms with van der Waals surface area (Å²) in [5, 5.41) is 3.43. The molecule has 13 heavy (non-hydrogen) atoms. The Morgan fingerprint density at radius 3 is 3.15 bits per heavy atom. The molecule has 0 spiro atoms. The second-order valence-electron chi connectivity index (χ2n) is 2.37. The van der Waals surface area contributed by atoms with Crippen LogP contribution in [0.25, 0.3) is 10.4 Å². The van der Waals surface area contributed by atoms with Crippen molar-refractivity contribution in [2.75, 3.05) is 6.54 Å². The molecule has 0 amide bonds. The predicted molar refractivity (Wildman–Crippen MR) is 56.6 cm³/mol. The van der Waals surface area contributed by atoms with Crippen molar-refractivity contribution in [1.29, 1.82) is 0 Å². The van der Waals surface area contributed by atoms with Gasteiger partial charge in [-0.1, -0.05) is 17.3 Å². The van der Waals surface area contributed by atoms with Crippen LogP contribution in [0.15, 0.2) is 22.3 Å². The van der Waals surface area contributed by atoms with Gasteiger partial charge < -0.3 is 4.98 Å². The van der Waals surface area contributed by atoms with Gasteiger partial charge in [0, 0.05) is 28.2 Å². The number of aromatic nitrogens is 1. The summed E-state index contributed by atoms with van der Waals surface area (Å²) in [5.41, 5.74) is 8.98. The molecule has 0 unspecified atom stereocenters. The van der Waals surface area contributed by atoms with Crippen molar-refractivity contribution in [1.82, 2.24) is 4.98 Å². The van der Waals surface area contributed by atoms with E-state index in [2.05, 4.69) is 27.6 Å². The van der Waals surface area contributed by atoms with E-state index in [0.717, 1.165) is 10.6 Å². The first kappa shape index (κ1) is 10.1. The predicted octanol–water partition coefficient (Wildman–Crippen LogP) is 2.89. The quantitative estimate of drug-likeness (QED) is 0.261. The minimum atomic E-state index is 0.416. The molecular formula is C7H8N4S2. The van der Waals surface area contributed by atoms with Gasteiger partial charge in [0.1, 0.15) is 0 Å². The van der Waals surface area contributed by atoms with Crippen molar-refractivity contribution in [2.24, 2.45) is 5.11 Å². The highest BCUT2D eigenvalue weighted by molar-refractivity contribution is 7.81. The summed E-state index contributed by atoms with van der Waals surface area (Å²) in [4.78, 5) is 6.43. The van der Waals surface area contributed by atoms with Crippen LogP contribution in [-0.4, -0.2) is 11.5 Å². The number of aromatic amines is 1. The SMILES string of the molecule is [N-]=[N+]=NCCc1[nH]ccc(=S)c1S. The summed E-state index contributed by atoms with van der Waals surface area (Å²) < 4.78 is 0.707. The van der Waals surface area contributed by atoms with Crippen molar-refractivity contribution in [3.8, 4) is 0 Å². The standard InChI is InChI=1S/C7H8N4S2/c8-11-10-4-1-5-7(13)6(12)2-3-9-5/h2-3,13H,1,4H2,(H,9,12). The van der Waals surface area contributed by atoms with E-state index in [1.807, 2.05) is 0 Å². The van der Waals surface area contributed by atoms with E-state index >= 15 is 0 Å². The third kappa shape index (κ3) is 2.77. The van der Waals surface area contributed by atoms with Crippen LogP contribution >= 0.6 is 24.8 Å². The van der Waals surface area contributed by atoms with Gasteiger partial charge in [-0.25, -0.2) is 0 Å². The molecule has 0 aromatic carbocycles. The summed E-state index contributed by atoms with van der Waals surface area (Å²) in [6, 6.07) is 1.77. The fourth-order valence-corrected chi connectivity index (χ4v) is 1.35. The van der Waals surface area contributed by atoms with E-state index < -0.39 is 0 Å². The van der Waals surface area contributed by atoms with E-state index in [1.165, 1.54) is 0 Å². The third-order valence-corrected chi connectivity index (χ3v) is 2.54. The normalized spacial score (nSPS) is 9.31. The average molecular weight is 212 g/mol. The Morgan fingerprint density at radius 2 is 2.46 bits per heavy atom. The number of hydrogen-bond acceptors (Lipinski definition) is 3. The number of nitrogens with one attached hydrogen (secondary N) is 1. The topological polar surface area (TPSA) is 64.6 Å². The molecule has 1 N–H and O–H groups in total. The minimum Gasteiger partial charge on any atom is -0.364 e. The lowest BCUT2D eigenvalue weighted by molar-refractivity contribution is 0.884. The van der Waals surface area contributed by atoms with Crippen LogP contribution in [0.2, 0.25) is 0 Å². The molecule has 0 atom stereocenters. The van der Waals surface area contributed by atoms with Crippen LogP contribution in [0, 0.1) is 4.51 Å². The number of rotatable bonds is 3. The lowest BCUT2D eigenvalue weighted by Crippen LogP contribution is -1.94. The van der Waals surface area contributed by atoms with Gasteiger partial charge in [-0.3, -0.25) is 0 Å². The van der Waals surface area contributed by atoms with Crippen LogP contribution in [0.1, 0.15) is 5.69 Å². The molecule has 1 aromatic heterocycles. The van der Waals surface area contributed by atoms with Crippen molar-refractivity contribution in [3.63, 3.8) is 0 Å². The molecule has 1 rings (SSSR count). The Morgan fingerprint density at radius 1 is 1.69 bits per heavy atom. The molecule has 0 aliphatic carbocycles. The van der Waals surface area contributed by atoms with Gasteiger partial charge in [0.05, 0.1) is 4.51 Å². The maximum Gasteiger partial charge on any atom is 0.0542 e. The first-order valence-corrected chi connectivity index (χ1v) is 4.51. The van der Waals surface area contributed by atoms with E-state index in [9.17, 15) is 0 Å². The molecule has 0 saturated carbocycles. The molecular weight excluding hydrogens is 204 g/mol. The molecule has 0 bridgehead atoms. The second kappa shape index (κ2) is 4.91. The molecule has 1 aromatic rings. The zero-order valence-corrected chi connectivity index (χ0v) is 8.48. The zero-order chi connectivity index (χ0) is 9.68. The van der Waals surface area contributed by atoms with Gasteiger partial charge in [-0.2, -0.15) is 0 Å². The molecule has 0 aliphatic heterocycles. The highest BCUT2D eigenvalue weighted by Crippen LogP contribution is 2.13. The first-order valence-electron chi connectivity index (χ1n) is 3.66. The fraction of sp³-hybridized carbons (Fsp3) is 0.286. The lowest BCUT2D eigenvalue weighted by atomic mass is 10.3. The Balaban J connectivity index is 2.83. The molecule has 0 radical (unpaired) electrons. The fourth-order valence-electron chi connectivity index (χ4n) is 0.911. The smallest absolute Gasteiger partial charge is 0.0542 e. The summed E-state index contributed by atoms with van der Waals surface area (Å²) in [7, 11) is 0. The van der Waals surface area contributed by atoms with Crippen molar-refractivity contribution in [2.45, 2.75) is 11.3 Å². The van der Waals surface area contributed by atoms with Gasteiger partial charge in [-0.05, 0) is 18.0 Å². The summed E-state index contributed by atoms with van der Waals surface area (Å²) in [5.74, 6) is 0. The van der Waals surface area contributed by atoms with E-state index in [0.29, 0.717) is 17.5 Å². The van der Waals surface area contributed by atoms with Crippen LogP contribution < -0.4 is 0 Å². The van der Waals surface area contributed by atoms with E-state index in [-0.39, 0.29) is 0 Å². The maximum atomic E-state index is 8.08. The number of hydrogen-bond donors (Lipinski definition) is 2. The molecule has 0 aliphatic rings. The van der Waals surface area contributed by atoms with Gasteiger partial charge in [0.2, 0.25) is 0 Å². The zero-order valence-electron chi connectivity index (χ0n) is 6.77. The summed E-state index contributed by atoms with van der Waals surface area (Å²) >= 11 is 9.26. The molecule has 6 heteroatoms. The lowest BCUT2D eigenvalue weighted by Gasteiger charge is -2.01. The van der Waals surface area contributed by atoms with Crippen molar-refractivity contribution in [3.05, 3.63) is 32.9 Å². The second-order valence-corrected chi connectivity index (χ2v) is 3.26. The van der Waals surface area contributed by atoms with Crippen molar-refractivity contribution < 1.29 is 0 Å². The number of pyridine rings is 1. The highest BCUT2D eigenvalue weighted by atomic mass is 32.1. The highest BCUT2D eigenvalue weighted by Gasteiger charge is 1.98. The van der Waals surface area contributed by atoms with Crippen LogP contribution in [-0.2, 0) is 6.42 Å². The van der Waals surface area contributed by atoms with Crippen LogP contribution in [0.4, 0.5) is 0 Å². The number of thiol groups is 1. The van der Waals surface area contributed by atoms with E-state index in [4.69, 9.17) is 17.7 Å². The monoisotopic (exact) mass is 212 g/mol. The van der Waals surface area contributed by atoms with Gasteiger partial charge in [-0.15, -0.1) is 12.6 Å². The van der Waals surface area contributed by atoms with Gasteiger partial charge >= 0.3 is 0 Å². The van der Waals surface area contributed by atoms with E-state index in [1.54, 1.807) is 12.3 Å². The van der Waals surface area contributed by atoms with Crippen LogP contribution in [0.5, 0.6) is 0 Å². The summed E-state index contributed by atoms with van der Waals surface area (Å²) in [6.07, 6.45) is 2.39. The maximum absolute atomic E-state index is 8.08. The Kier molecular flexibility index (Phi) is 3.82. The average Bonchev–Trinajstić information content (AvgIpc) is 2.13. The molecule has 68 valence electrons. The number of nitrogens with zero attached hydrogens (tertiary/aromatic N) is 3. The molecule has 4 nitrogen and oxygen atoms in total. The largest absolute Gasteiger partial charge is 0.364 e. The van der Waals surface area contributed by atoms with Crippen LogP contribution in [0.3, 0.4) is 0 Å². The number of azide groups is 1. The Bertz CT molecular complexity index is 392. The first-order chi connectivity index (χ1) is 6.25. The van der Waals surface area contributed by atoms with Gasteiger partial charge in [0.25, 0.3) is 0 Å². The molecule has 0 fully saturated rings. The minimum absolute atomic E-state index is 0.416. The number of H-pyrrole nitrogens is 1. The third-order valence-electron chi connectivity index (χ3n) is 1.54. The van der Waals surface area contributed by atoms with Gasteiger partial charge in [0.15, 0.2) is 0 Å². The van der Waals surface area contributed by atoms with Crippen molar-refractivity contribution >= 4 is 24.8 Å². The summed E-state index contributed by atoms with van der Waals surface area (Å²) in [6.45, 7) is 0.416. The Hall–Kier alpha value is -0.970. The molecule has 0 saturated heterocycles.